The molecule has 4 rings (SSSR count). The number of benzene rings is 1. The van der Waals surface area contributed by atoms with E-state index in [9.17, 15) is 14.3 Å². The number of ether oxygens (including phenoxy) is 1. The molecule has 0 saturated heterocycles. The van der Waals surface area contributed by atoms with Gasteiger partial charge in [0.05, 0.1) is 18.3 Å². The molecule has 0 spiro atoms. The van der Waals surface area contributed by atoms with Gasteiger partial charge in [-0.2, -0.15) is 0 Å². The summed E-state index contributed by atoms with van der Waals surface area (Å²) >= 11 is 0. The lowest BCUT2D eigenvalue weighted by atomic mass is 9.99. The smallest absolute Gasteiger partial charge is 0.259 e. The summed E-state index contributed by atoms with van der Waals surface area (Å²) in [5.41, 5.74) is 2.73. The molecule has 7 nitrogen and oxygen atoms in total. The zero-order valence-electron chi connectivity index (χ0n) is 20.3. The molecule has 0 bridgehead atoms. The molecule has 0 aliphatic carbocycles. The van der Waals surface area contributed by atoms with E-state index in [4.69, 9.17) is 4.74 Å². The second-order valence-corrected chi connectivity index (χ2v) is 9.22. The van der Waals surface area contributed by atoms with Crippen molar-refractivity contribution in [3.05, 3.63) is 78.0 Å². The number of carbonyl (C=O) groups is 1. The molecule has 0 saturated carbocycles. The fourth-order valence-electron chi connectivity index (χ4n) is 4.26. The van der Waals surface area contributed by atoms with Gasteiger partial charge in [-0.25, -0.2) is 9.37 Å². The maximum Gasteiger partial charge on any atom is 0.259 e. The highest BCUT2D eigenvalue weighted by atomic mass is 19.1. The average Bonchev–Trinajstić information content (AvgIpc) is 2.86. The maximum absolute atomic E-state index is 13.6. The fourth-order valence-corrected chi connectivity index (χ4v) is 4.26. The number of halogens is 1. The third-order valence-electron chi connectivity index (χ3n) is 6.35. The first-order chi connectivity index (χ1) is 16.9. The van der Waals surface area contributed by atoms with Gasteiger partial charge < -0.3 is 14.7 Å². The number of nitrogens with zero attached hydrogens (tertiary/aromatic N) is 4. The second kappa shape index (κ2) is 10.9. The molecule has 3 heterocycles. The number of rotatable bonds is 7. The van der Waals surface area contributed by atoms with Crippen molar-refractivity contribution in [2.24, 2.45) is 5.92 Å². The SMILES string of the molecule is C[C@@H]1CN([C@@H](C)CO)C(=O)c2cc(-c3ccc(F)cc3)cnc2O[C@@H]1CN(C)Cc1ccccn1. The molecule has 3 atom stereocenters. The molecular formula is C27H31FN4O3. The first-order valence-electron chi connectivity index (χ1n) is 11.8. The number of hydrogen-bond donors (Lipinski definition) is 1. The number of hydrogen-bond acceptors (Lipinski definition) is 6. The van der Waals surface area contributed by atoms with Gasteiger partial charge >= 0.3 is 0 Å². The zero-order valence-corrected chi connectivity index (χ0v) is 20.3. The van der Waals surface area contributed by atoms with Crippen LogP contribution in [0.15, 0.2) is 60.9 Å². The van der Waals surface area contributed by atoms with Gasteiger partial charge in [-0.15, -0.1) is 0 Å². The Labute approximate surface area is 205 Å². The van der Waals surface area contributed by atoms with Gasteiger partial charge in [-0.3, -0.25) is 14.7 Å². The highest BCUT2D eigenvalue weighted by molar-refractivity contribution is 5.98. The van der Waals surface area contributed by atoms with Crippen LogP contribution in [-0.2, 0) is 6.54 Å². The van der Waals surface area contributed by atoms with Gasteiger partial charge in [-0.05, 0) is 49.9 Å². The maximum atomic E-state index is 13.6. The van der Waals surface area contributed by atoms with Crippen LogP contribution in [0.25, 0.3) is 11.1 Å². The van der Waals surface area contributed by atoms with E-state index in [0.717, 1.165) is 11.3 Å². The average molecular weight is 479 g/mol. The second-order valence-electron chi connectivity index (χ2n) is 9.22. The van der Waals surface area contributed by atoms with Gasteiger partial charge in [0.2, 0.25) is 5.88 Å². The van der Waals surface area contributed by atoms with E-state index in [2.05, 4.69) is 14.9 Å². The molecule has 1 N–H and O–H groups in total. The van der Waals surface area contributed by atoms with Crippen molar-refractivity contribution in [3.63, 3.8) is 0 Å². The van der Waals surface area contributed by atoms with Crippen LogP contribution in [-0.4, -0.2) is 69.7 Å². The third kappa shape index (κ3) is 5.83. The van der Waals surface area contributed by atoms with E-state index < -0.39 is 0 Å². The Hall–Kier alpha value is -3.36. The zero-order chi connectivity index (χ0) is 24.9. The minimum atomic E-state index is -0.364. The van der Waals surface area contributed by atoms with E-state index >= 15 is 0 Å². The summed E-state index contributed by atoms with van der Waals surface area (Å²) in [7, 11) is 2.01. The van der Waals surface area contributed by atoms with Crippen LogP contribution in [0.1, 0.15) is 29.9 Å². The van der Waals surface area contributed by atoms with Crippen molar-refractivity contribution in [2.75, 3.05) is 26.7 Å². The number of amides is 1. The van der Waals surface area contributed by atoms with Crippen molar-refractivity contribution in [1.29, 1.82) is 0 Å². The molecule has 1 aliphatic rings. The van der Waals surface area contributed by atoms with E-state index in [1.165, 1.54) is 12.1 Å². The Morgan fingerprint density at radius 3 is 2.66 bits per heavy atom. The summed E-state index contributed by atoms with van der Waals surface area (Å²) in [6, 6.07) is 13.3. The van der Waals surface area contributed by atoms with E-state index in [0.29, 0.717) is 30.8 Å². The summed E-state index contributed by atoms with van der Waals surface area (Å²) in [6.45, 7) is 5.42. The lowest BCUT2D eigenvalue weighted by Crippen LogP contribution is -2.49. The lowest BCUT2D eigenvalue weighted by molar-refractivity contribution is 0.0324. The Kier molecular flexibility index (Phi) is 7.73. The first-order valence-corrected chi connectivity index (χ1v) is 11.8. The van der Waals surface area contributed by atoms with Gasteiger partial charge in [0, 0.05) is 43.5 Å². The first kappa shape index (κ1) is 24.8. The molecule has 1 aromatic carbocycles. The minimum absolute atomic E-state index is 0.00847. The molecule has 1 aliphatic heterocycles. The third-order valence-corrected chi connectivity index (χ3v) is 6.35. The molecule has 0 unspecified atom stereocenters. The summed E-state index contributed by atoms with van der Waals surface area (Å²) in [5.74, 6) is -0.322. The Morgan fingerprint density at radius 2 is 1.97 bits per heavy atom. The topological polar surface area (TPSA) is 78.8 Å². The molecule has 35 heavy (non-hydrogen) atoms. The number of pyridine rings is 2. The highest BCUT2D eigenvalue weighted by Crippen LogP contribution is 2.30. The van der Waals surface area contributed by atoms with Crippen molar-refractivity contribution in [1.82, 2.24) is 19.8 Å². The molecule has 0 radical (unpaired) electrons. The number of aromatic nitrogens is 2. The standard InChI is InChI=1S/C27H31FN4O3/c1-18-14-32(19(2)17-33)27(34)24-12-21(20-7-9-22(28)10-8-20)13-30-26(24)35-25(18)16-31(3)15-23-6-4-5-11-29-23/h4-13,18-19,25,33H,14-17H2,1-3H3/t18-,19+,25-/m1/s1. The Morgan fingerprint density at radius 1 is 1.20 bits per heavy atom. The number of likely N-dealkylation sites (N-methyl/N-ethyl adjacent to an activating group) is 1. The Bertz CT molecular complexity index is 1140. The molecular weight excluding hydrogens is 447 g/mol. The predicted molar refractivity (Wildman–Crippen MR) is 131 cm³/mol. The van der Waals surface area contributed by atoms with Crippen LogP contribution < -0.4 is 4.74 Å². The molecule has 0 fully saturated rings. The van der Waals surface area contributed by atoms with E-state index in [-0.39, 0.29) is 42.3 Å². The molecule has 3 aromatic rings. The van der Waals surface area contributed by atoms with Crippen molar-refractivity contribution < 1.29 is 19.0 Å². The normalized spacial score (nSPS) is 19.0. The largest absolute Gasteiger partial charge is 0.472 e. The molecule has 2 aromatic heterocycles. The van der Waals surface area contributed by atoms with Crippen LogP contribution in [0.3, 0.4) is 0 Å². The number of aliphatic hydroxyl groups is 1. The summed E-state index contributed by atoms with van der Waals surface area (Å²) < 4.78 is 19.8. The number of aliphatic hydroxyl groups excluding tert-OH is 1. The lowest BCUT2D eigenvalue weighted by Gasteiger charge is -2.37. The summed E-state index contributed by atoms with van der Waals surface area (Å²) in [4.78, 5) is 26.3. The molecule has 8 heteroatoms. The van der Waals surface area contributed by atoms with Crippen LogP contribution in [0.4, 0.5) is 4.39 Å². The predicted octanol–water partition coefficient (Wildman–Crippen LogP) is 3.63. The summed E-state index contributed by atoms with van der Waals surface area (Å²) in [6.07, 6.45) is 3.17. The van der Waals surface area contributed by atoms with Crippen LogP contribution in [0.5, 0.6) is 5.88 Å². The van der Waals surface area contributed by atoms with E-state index in [1.807, 2.05) is 39.1 Å². The van der Waals surface area contributed by atoms with Crippen molar-refractivity contribution in [3.8, 4) is 17.0 Å². The Balaban J connectivity index is 1.65. The molecule has 184 valence electrons. The van der Waals surface area contributed by atoms with Gasteiger partial charge in [-0.1, -0.05) is 25.1 Å². The minimum Gasteiger partial charge on any atom is -0.472 e. The van der Waals surface area contributed by atoms with Crippen LogP contribution >= 0.6 is 0 Å². The van der Waals surface area contributed by atoms with Crippen molar-refractivity contribution in [2.45, 2.75) is 32.5 Å². The highest BCUT2D eigenvalue weighted by Gasteiger charge is 2.34. The summed E-state index contributed by atoms with van der Waals surface area (Å²) in [5, 5.41) is 9.84. The van der Waals surface area contributed by atoms with Crippen LogP contribution in [0.2, 0.25) is 0 Å². The van der Waals surface area contributed by atoms with Gasteiger partial charge in [0.25, 0.3) is 5.91 Å². The van der Waals surface area contributed by atoms with E-state index in [1.54, 1.807) is 35.5 Å². The van der Waals surface area contributed by atoms with Gasteiger partial charge in [0.1, 0.15) is 17.5 Å². The van der Waals surface area contributed by atoms with Crippen molar-refractivity contribution >= 4 is 5.91 Å². The van der Waals surface area contributed by atoms with Crippen LogP contribution in [0, 0.1) is 11.7 Å². The van der Waals surface area contributed by atoms with Gasteiger partial charge in [0.15, 0.2) is 0 Å². The fraction of sp³-hybridized carbons (Fsp3) is 0.370. The monoisotopic (exact) mass is 478 g/mol. The molecule has 1 amide bonds. The quantitative estimate of drug-likeness (QED) is 0.559. The number of fused-ring (bicyclic) bond motifs is 1. The number of carbonyl (C=O) groups excluding carboxylic acids is 1.